The third-order valence-electron chi connectivity index (χ3n) is 6.69. The molecule has 0 aliphatic heterocycles. The van der Waals surface area contributed by atoms with Crippen LogP contribution in [-0.4, -0.2) is 34.1 Å². The number of unbranched alkanes of at least 4 members (excludes halogenated alkanes) is 7. The van der Waals surface area contributed by atoms with Gasteiger partial charge in [0.2, 0.25) is 0 Å². The van der Waals surface area contributed by atoms with Gasteiger partial charge in [-0.3, -0.25) is 4.40 Å². The average molecular weight is 608 g/mol. The number of benzene rings is 1. The van der Waals surface area contributed by atoms with Crippen molar-refractivity contribution in [3.05, 3.63) is 76.9 Å². The molecule has 0 aliphatic rings. The molecule has 1 aromatic carbocycles. The van der Waals surface area contributed by atoms with Gasteiger partial charge in [0.25, 0.3) is 0 Å². The van der Waals surface area contributed by atoms with Crippen molar-refractivity contribution in [3.8, 4) is 17.1 Å². The lowest BCUT2D eigenvalue weighted by atomic mass is 10.1. The summed E-state index contributed by atoms with van der Waals surface area (Å²) in [6, 6.07) is 12.1. The molecule has 0 spiro atoms. The Labute approximate surface area is 248 Å². The zero-order valence-electron chi connectivity index (χ0n) is 23.8. The molecule has 228 valence electrons. The van der Waals surface area contributed by atoms with E-state index >= 15 is 0 Å². The van der Waals surface area contributed by atoms with Gasteiger partial charge in [0.1, 0.15) is 16.7 Å². The van der Waals surface area contributed by atoms with Crippen molar-refractivity contribution in [1.29, 1.82) is 0 Å². The number of aromatic nitrogens is 2. The first-order valence-corrected chi connectivity index (χ1v) is 14.4. The molecule has 4 rings (SSSR count). The zero-order chi connectivity index (χ0) is 30.5. The van der Waals surface area contributed by atoms with Crippen molar-refractivity contribution in [2.75, 3.05) is 13.7 Å². The molecule has 7 nitrogen and oxygen atoms in total. The minimum Gasteiger partial charge on any atom is -0.496 e. The summed E-state index contributed by atoms with van der Waals surface area (Å²) in [7, 11) is 1.73. The van der Waals surface area contributed by atoms with E-state index < -0.39 is 34.2 Å². The monoisotopic (exact) mass is 607 g/mol. The quantitative estimate of drug-likeness (QED) is 0.139. The van der Waals surface area contributed by atoms with Crippen LogP contribution in [0.4, 0.5) is 13.2 Å². The highest BCUT2D eigenvalue weighted by Gasteiger charge is 2.36. The summed E-state index contributed by atoms with van der Waals surface area (Å²) in [6.07, 6.45) is 8.84. The minimum atomic E-state index is -4.73. The molecular weight excluding hydrogens is 571 g/mol. The molecule has 42 heavy (non-hydrogen) atoms. The number of carboxylic acid groups (broad SMARTS) is 1. The second-order valence-electron chi connectivity index (χ2n) is 9.83. The van der Waals surface area contributed by atoms with Gasteiger partial charge in [-0.25, -0.2) is 9.78 Å². The van der Waals surface area contributed by atoms with E-state index in [0.717, 1.165) is 29.3 Å². The number of hydrogen-bond donors (Lipinski definition) is 2. The minimum absolute atomic E-state index is 0.0982. The van der Waals surface area contributed by atoms with E-state index in [1.54, 1.807) is 7.11 Å². The maximum Gasteiger partial charge on any atom is 0.420 e. The number of carbonyl (C=O) groups is 1. The zero-order valence-corrected chi connectivity index (χ0v) is 24.6. The van der Waals surface area contributed by atoms with Gasteiger partial charge < -0.3 is 19.6 Å². The first-order chi connectivity index (χ1) is 20.2. The van der Waals surface area contributed by atoms with Gasteiger partial charge in [-0.05, 0) is 37.2 Å². The molecule has 2 N–H and O–H groups in total. The molecule has 0 aliphatic carbocycles. The first kappa shape index (κ1) is 33.0. The molecule has 3 aromatic heterocycles. The molecule has 0 saturated carbocycles. The van der Waals surface area contributed by atoms with E-state index in [4.69, 9.17) is 25.9 Å². The third kappa shape index (κ3) is 9.25. The highest BCUT2D eigenvalue weighted by atomic mass is 35.5. The van der Waals surface area contributed by atoms with E-state index in [9.17, 15) is 18.0 Å². The van der Waals surface area contributed by atoms with E-state index in [1.165, 1.54) is 81.5 Å². The van der Waals surface area contributed by atoms with Gasteiger partial charge in [0.15, 0.2) is 11.3 Å². The lowest BCUT2D eigenvalue weighted by Crippen LogP contribution is -2.15. The number of pyridine rings is 1. The number of halogens is 4. The van der Waals surface area contributed by atoms with Crippen LogP contribution in [0.3, 0.4) is 0 Å². The number of furan rings is 1. The molecule has 0 bridgehead atoms. The number of methoxy groups -OCH3 is 1. The van der Waals surface area contributed by atoms with Crippen molar-refractivity contribution in [1.82, 2.24) is 14.7 Å². The number of alkyl halides is 3. The van der Waals surface area contributed by atoms with Crippen LogP contribution in [-0.2, 0) is 12.7 Å². The number of rotatable bonds is 14. The van der Waals surface area contributed by atoms with Gasteiger partial charge in [-0.15, -0.1) is 0 Å². The summed E-state index contributed by atoms with van der Waals surface area (Å²) in [5.74, 6) is -0.341. The van der Waals surface area contributed by atoms with Crippen LogP contribution in [0.5, 0.6) is 5.75 Å². The number of fused-ring (bicyclic) bond motifs is 1. The third-order valence-corrected chi connectivity index (χ3v) is 7.05. The van der Waals surface area contributed by atoms with Gasteiger partial charge in [-0.2, -0.15) is 13.2 Å². The predicted molar refractivity (Wildman–Crippen MR) is 157 cm³/mol. The first-order valence-electron chi connectivity index (χ1n) is 14.1. The summed E-state index contributed by atoms with van der Waals surface area (Å²) < 4.78 is 50.9. The Morgan fingerprint density at radius 3 is 2.38 bits per heavy atom. The standard InChI is InChI=1S/C18H31NO.C13H6ClF3N2O3/c1-3-4-5-6-7-8-9-12-15-19-16-17-13-10-11-14-18(17)20-2;14-10-9(12(20)21)18-11-7(13(15,16)17)4-6(5-19(10)11)8-2-1-3-22-8/h10-11,13-14,19H,3-9,12,15-16H2,1-2H3;1-5H,(H,20,21). The summed E-state index contributed by atoms with van der Waals surface area (Å²) in [5, 5.41) is 12.0. The Bertz CT molecular complexity index is 1400. The van der Waals surface area contributed by atoms with E-state index in [2.05, 4.69) is 29.4 Å². The molecule has 0 unspecified atom stereocenters. The number of nitrogens with one attached hydrogen (secondary N) is 1. The highest BCUT2D eigenvalue weighted by molar-refractivity contribution is 6.32. The van der Waals surface area contributed by atoms with Crippen LogP contribution in [0, 0.1) is 0 Å². The lowest BCUT2D eigenvalue weighted by molar-refractivity contribution is -0.136. The SMILES string of the molecule is CCCCCCCCCCNCc1ccccc1OC.O=C(O)c1nc2c(C(F)(F)F)cc(-c3ccco3)cn2c1Cl. The normalized spacial score (nSPS) is 11.4. The van der Waals surface area contributed by atoms with Crippen molar-refractivity contribution in [3.63, 3.8) is 0 Å². The summed E-state index contributed by atoms with van der Waals surface area (Å²) in [5.41, 5.74) is -0.986. The van der Waals surface area contributed by atoms with Gasteiger partial charge in [0.05, 0.1) is 18.9 Å². The number of carboxylic acids is 1. The Kier molecular flexibility index (Phi) is 12.7. The molecular formula is C31H37ClF3N3O4. The van der Waals surface area contributed by atoms with Crippen LogP contribution in [0.25, 0.3) is 17.0 Å². The fourth-order valence-electron chi connectivity index (χ4n) is 4.50. The topological polar surface area (TPSA) is 89.0 Å². The maximum absolute atomic E-state index is 13.2. The summed E-state index contributed by atoms with van der Waals surface area (Å²) >= 11 is 5.83. The molecule has 0 atom stereocenters. The number of ether oxygens (including phenoxy) is 1. The van der Waals surface area contributed by atoms with Crippen LogP contribution < -0.4 is 10.1 Å². The fourth-order valence-corrected chi connectivity index (χ4v) is 4.75. The van der Waals surface area contributed by atoms with Crippen molar-refractivity contribution < 1.29 is 32.2 Å². The Hall–Kier alpha value is -3.50. The highest BCUT2D eigenvalue weighted by Crippen LogP contribution is 2.37. The largest absolute Gasteiger partial charge is 0.496 e. The summed E-state index contributed by atoms with van der Waals surface area (Å²) in [6.45, 7) is 4.28. The molecule has 0 radical (unpaired) electrons. The average Bonchev–Trinajstić information content (AvgIpc) is 3.62. The van der Waals surface area contributed by atoms with Crippen molar-refractivity contribution in [2.24, 2.45) is 0 Å². The van der Waals surface area contributed by atoms with Crippen LogP contribution in [0.2, 0.25) is 5.15 Å². The molecule has 11 heteroatoms. The second kappa shape index (κ2) is 16.2. The number of hydrogen-bond acceptors (Lipinski definition) is 5. The molecule has 4 aromatic rings. The second-order valence-corrected chi connectivity index (χ2v) is 10.2. The van der Waals surface area contributed by atoms with E-state index in [-0.39, 0.29) is 11.3 Å². The maximum atomic E-state index is 13.2. The Morgan fingerprint density at radius 1 is 1.07 bits per heavy atom. The smallest absolute Gasteiger partial charge is 0.420 e. The fraction of sp³-hybridized carbons (Fsp3) is 0.419. The van der Waals surface area contributed by atoms with Crippen molar-refractivity contribution >= 4 is 23.2 Å². The number of imidazole rings is 1. The molecule has 0 fully saturated rings. The molecule has 0 saturated heterocycles. The summed E-state index contributed by atoms with van der Waals surface area (Å²) in [4.78, 5) is 14.5. The predicted octanol–water partition coefficient (Wildman–Crippen LogP) is 8.89. The van der Waals surface area contributed by atoms with Gasteiger partial charge in [-0.1, -0.05) is 81.7 Å². The Morgan fingerprint density at radius 2 is 1.76 bits per heavy atom. The van der Waals surface area contributed by atoms with Crippen molar-refractivity contribution in [2.45, 2.75) is 71.0 Å². The van der Waals surface area contributed by atoms with Gasteiger partial charge in [0, 0.05) is 23.9 Å². The van der Waals surface area contributed by atoms with Crippen LogP contribution >= 0.6 is 11.6 Å². The van der Waals surface area contributed by atoms with E-state index in [0.29, 0.717) is 0 Å². The lowest BCUT2D eigenvalue weighted by Gasteiger charge is -2.10. The number of para-hydroxylation sites is 1. The number of aromatic carboxylic acids is 1. The molecule has 0 amide bonds. The Balaban J connectivity index is 0.000000232. The number of nitrogens with zero attached hydrogens (tertiary/aromatic N) is 2. The molecule has 3 heterocycles. The van der Waals surface area contributed by atoms with Gasteiger partial charge >= 0.3 is 12.1 Å². The van der Waals surface area contributed by atoms with Crippen LogP contribution in [0.1, 0.15) is 79.9 Å². The van der Waals surface area contributed by atoms with E-state index in [1.807, 2.05) is 12.1 Å². The van der Waals surface area contributed by atoms with Crippen LogP contribution in [0.15, 0.2) is 59.3 Å².